The summed E-state index contributed by atoms with van der Waals surface area (Å²) in [5, 5.41) is 0. The van der Waals surface area contributed by atoms with Gasteiger partial charge in [0, 0.05) is 6.42 Å². The Morgan fingerprint density at radius 1 is 1.41 bits per heavy atom. The highest BCUT2D eigenvalue weighted by molar-refractivity contribution is 5.01. The van der Waals surface area contributed by atoms with Gasteiger partial charge in [-0.3, -0.25) is 0 Å². The van der Waals surface area contributed by atoms with Crippen LogP contribution in [0.1, 0.15) is 54.4 Å². The zero-order valence-electron chi connectivity index (χ0n) is 12.2. The van der Waals surface area contributed by atoms with Gasteiger partial charge >= 0.3 is 0 Å². The quantitative estimate of drug-likeness (QED) is 0.734. The van der Waals surface area contributed by atoms with Gasteiger partial charge in [0.25, 0.3) is 0 Å². The molecule has 0 fully saturated rings. The van der Waals surface area contributed by atoms with Crippen molar-refractivity contribution in [1.82, 2.24) is 0 Å². The summed E-state index contributed by atoms with van der Waals surface area (Å²) in [6.07, 6.45) is 4.76. The molecule has 1 aliphatic heterocycles. The van der Waals surface area contributed by atoms with Crippen molar-refractivity contribution in [3.8, 4) is 0 Å². The Balaban J connectivity index is 2.38. The number of ether oxygens (including phenoxy) is 2. The molecule has 0 saturated carbocycles. The number of rotatable bonds is 4. The molecule has 0 saturated heterocycles. The fourth-order valence-corrected chi connectivity index (χ4v) is 2.17. The van der Waals surface area contributed by atoms with Gasteiger partial charge in [-0.15, -0.1) is 0 Å². The summed E-state index contributed by atoms with van der Waals surface area (Å²) < 4.78 is 11.7. The highest BCUT2D eigenvalue weighted by Gasteiger charge is 2.19. The van der Waals surface area contributed by atoms with Gasteiger partial charge in [-0.2, -0.15) is 0 Å². The SMILES string of the molecule is C[C@H](COC(C)(C)C)CC1=C[C@H](C)C[C@H](C)O1. The molecule has 0 unspecified atom stereocenters. The van der Waals surface area contributed by atoms with Gasteiger partial charge in [0.2, 0.25) is 0 Å². The fraction of sp³-hybridized carbons (Fsp3) is 0.867. The Kier molecular flexibility index (Phi) is 5.05. The van der Waals surface area contributed by atoms with E-state index in [0.29, 0.717) is 17.9 Å². The van der Waals surface area contributed by atoms with E-state index in [0.717, 1.165) is 25.2 Å². The van der Waals surface area contributed by atoms with E-state index in [1.807, 2.05) is 0 Å². The molecule has 1 heterocycles. The van der Waals surface area contributed by atoms with E-state index in [2.05, 4.69) is 47.6 Å². The van der Waals surface area contributed by atoms with E-state index in [1.54, 1.807) is 0 Å². The predicted octanol–water partition coefficient (Wildman–Crippen LogP) is 4.16. The molecule has 0 N–H and O–H groups in total. The highest BCUT2D eigenvalue weighted by Crippen LogP contribution is 2.26. The number of allylic oxidation sites excluding steroid dienone is 2. The van der Waals surface area contributed by atoms with Crippen molar-refractivity contribution in [1.29, 1.82) is 0 Å². The highest BCUT2D eigenvalue weighted by atomic mass is 16.5. The lowest BCUT2D eigenvalue weighted by molar-refractivity contribution is -0.0232. The Hall–Kier alpha value is -0.500. The van der Waals surface area contributed by atoms with E-state index in [9.17, 15) is 0 Å². The van der Waals surface area contributed by atoms with Gasteiger partial charge < -0.3 is 9.47 Å². The Morgan fingerprint density at radius 3 is 2.59 bits per heavy atom. The molecular formula is C15H28O2. The zero-order chi connectivity index (χ0) is 13.1. The number of hydrogen-bond acceptors (Lipinski definition) is 2. The molecule has 2 nitrogen and oxygen atoms in total. The second-order valence-electron chi connectivity index (χ2n) is 6.51. The summed E-state index contributed by atoms with van der Waals surface area (Å²) in [6.45, 7) is 13.7. The summed E-state index contributed by atoms with van der Waals surface area (Å²) in [4.78, 5) is 0. The lowest BCUT2D eigenvalue weighted by atomic mass is 9.97. The number of hydrogen-bond donors (Lipinski definition) is 0. The van der Waals surface area contributed by atoms with Crippen molar-refractivity contribution in [2.75, 3.05) is 6.61 Å². The van der Waals surface area contributed by atoms with Crippen LogP contribution < -0.4 is 0 Å². The first-order valence-electron chi connectivity index (χ1n) is 6.77. The molecule has 17 heavy (non-hydrogen) atoms. The molecular weight excluding hydrogens is 212 g/mol. The van der Waals surface area contributed by atoms with Crippen LogP contribution in [0.15, 0.2) is 11.8 Å². The maximum atomic E-state index is 5.86. The third kappa shape index (κ3) is 6.11. The lowest BCUT2D eigenvalue weighted by Gasteiger charge is -2.28. The third-order valence-electron chi connectivity index (χ3n) is 2.88. The van der Waals surface area contributed by atoms with Crippen molar-refractivity contribution in [2.45, 2.75) is 66.1 Å². The molecule has 3 atom stereocenters. The first kappa shape index (κ1) is 14.6. The van der Waals surface area contributed by atoms with Crippen LogP contribution in [0.2, 0.25) is 0 Å². The summed E-state index contributed by atoms with van der Waals surface area (Å²) in [6, 6.07) is 0. The topological polar surface area (TPSA) is 18.5 Å². The predicted molar refractivity (Wildman–Crippen MR) is 71.9 cm³/mol. The Bertz CT molecular complexity index is 263. The average Bonchev–Trinajstić information content (AvgIpc) is 2.11. The van der Waals surface area contributed by atoms with Crippen LogP contribution in [-0.4, -0.2) is 18.3 Å². The summed E-state index contributed by atoms with van der Waals surface area (Å²) in [5.41, 5.74) is -0.0450. The summed E-state index contributed by atoms with van der Waals surface area (Å²) >= 11 is 0. The van der Waals surface area contributed by atoms with Crippen molar-refractivity contribution >= 4 is 0 Å². The molecule has 100 valence electrons. The molecule has 2 heteroatoms. The standard InChI is InChI=1S/C15H28O2/c1-11-7-13(3)17-14(8-11)9-12(2)10-16-15(4,5)6/h8,11-13H,7,9-10H2,1-6H3/t11-,12+,13+/m1/s1. The van der Waals surface area contributed by atoms with Gasteiger partial charge in [-0.1, -0.05) is 13.8 Å². The van der Waals surface area contributed by atoms with Gasteiger partial charge in [-0.05, 0) is 52.0 Å². The van der Waals surface area contributed by atoms with E-state index < -0.39 is 0 Å². The minimum Gasteiger partial charge on any atom is -0.495 e. The summed E-state index contributed by atoms with van der Waals surface area (Å²) in [7, 11) is 0. The van der Waals surface area contributed by atoms with E-state index >= 15 is 0 Å². The van der Waals surface area contributed by atoms with Crippen LogP contribution in [0.25, 0.3) is 0 Å². The maximum absolute atomic E-state index is 5.86. The van der Waals surface area contributed by atoms with Crippen LogP contribution in [0.4, 0.5) is 0 Å². The van der Waals surface area contributed by atoms with Crippen LogP contribution in [0.3, 0.4) is 0 Å². The molecule has 0 aromatic heterocycles. The van der Waals surface area contributed by atoms with E-state index in [4.69, 9.17) is 9.47 Å². The Labute approximate surface area is 106 Å². The minimum atomic E-state index is -0.0450. The first-order chi connectivity index (χ1) is 7.76. The molecule has 0 spiro atoms. The van der Waals surface area contributed by atoms with Gasteiger partial charge in [0.1, 0.15) is 0 Å². The molecule has 0 radical (unpaired) electrons. The molecule has 0 bridgehead atoms. The largest absolute Gasteiger partial charge is 0.495 e. The van der Waals surface area contributed by atoms with E-state index in [1.165, 1.54) is 0 Å². The van der Waals surface area contributed by atoms with Gasteiger partial charge in [-0.25, -0.2) is 0 Å². The molecule has 1 rings (SSSR count). The van der Waals surface area contributed by atoms with Gasteiger partial charge in [0.05, 0.1) is 24.1 Å². The molecule has 0 aromatic carbocycles. The molecule has 0 amide bonds. The van der Waals surface area contributed by atoms with Crippen LogP contribution in [0, 0.1) is 11.8 Å². The van der Waals surface area contributed by atoms with Crippen LogP contribution in [-0.2, 0) is 9.47 Å². The second kappa shape index (κ2) is 5.90. The van der Waals surface area contributed by atoms with Crippen molar-refractivity contribution in [3.05, 3.63) is 11.8 Å². The first-order valence-corrected chi connectivity index (χ1v) is 6.77. The fourth-order valence-electron chi connectivity index (χ4n) is 2.17. The van der Waals surface area contributed by atoms with Crippen molar-refractivity contribution < 1.29 is 9.47 Å². The second-order valence-corrected chi connectivity index (χ2v) is 6.51. The summed E-state index contributed by atoms with van der Waals surface area (Å²) in [5.74, 6) is 2.31. The van der Waals surface area contributed by atoms with Crippen molar-refractivity contribution in [3.63, 3.8) is 0 Å². The third-order valence-corrected chi connectivity index (χ3v) is 2.88. The normalized spacial score (nSPS) is 27.3. The molecule has 1 aliphatic rings. The van der Waals surface area contributed by atoms with Gasteiger partial charge in [0.15, 0.2) is 0 Å². The smallest absolute Gasteiger partial charge is 0.0959 e. The molecule has 0 aliphatic carbocycles. The van der Waals surface area contributed by atoms with Crippen LogP contribution >= 0.6 is 0 Å². The monoisotopic (exact) mass is 240 g/mol. The van der Waals surface area contributed by atoms with Crippen molar-refractivity contribution in [2.24, 2.45) is 11.8 Å². The Morgan fingerprint density at radius 2 is 2.06 bits per heavy atom. The lowest BCUT2D eigenvalue weighted by Crippen LogP contribution is -2.24. The maximum Gasteiger partial charge on any atom is 0.0959 e. The molecule has 0 aromatic rings. The van der Waals surface area contributed by atoms with Crippen LogP contribution in [0.5, 0.6) is 0 Å². The van der Waals surface area contributed by atoms with E-state index in [-0.39, 0.29) is 5.60 Å². The average molecular weight is 240 g/mol. The minimum absolute atomic E-state index is 0.0450. The zero-order valence-corrected chi connectivity index (χ0v) is 12.2.